The summed E-state index contributed by atoms with van der Waals surface area (Å²) in [4.78, 5) is 45.1. The predicted octanol–water partition coefficient (Wildman–Crippen LogP) is 8.47. The number of unbranched alkanes of at least 4 members (excludes halogenated alkanes) is 24. The van der Waals surface area contributed by atoms with Gasteiger partial charge in [-0.25, -0.2) is 0 Å². The van der Waals surface area contributed by atoms with Crippen molar-refractivity contribution in [1.29, 1.82) is 0 Å². The Morgan fingerprint density at radius 2 is 0.962 bits per heavy atom. The van der Waals surface area contributed by atoms with Crippen molar-refractivity contribution in [3.63, 3.8) is 0 Å². The summed E-state index contributed by atoms with van der Waals surface area (Å²) in [7, 11) is 0. The third kappa shape index (κ3) is 29.7. The highest BCUT2D eigenvalue weighted by molar-refractivity contribution is 6.02. The monoisotopic (exact) mass is 748 g/mol. The smallest absolute Gasteiger partial charge is 0.248 e. The summed E-state index contributed by atoms with van der Waals surface area (Å²) in [6, 6.07) is -3.54. The molecular weight excluding hydrogens is 663 g/mol. The van der Waals surface area contributed by atoms with Gasteiger partial charge in [-0.05, 0) is 51.4 Å². The van der Waals surface area contributed by atoms with E-state index >= 15 is 0 Å². The lowest BCUT2D eigenvalue weighted by Gasteiger charge is -2.27. The van der Waals surface area contributed by atoms with E-state index in [1.807, 2.05) is 0 Å². The quantitative estimate of drug-likeness (QED) is 0.0179. The third-order valence-corrected chi connectivity index (χ3v) is 10.3. The highest BCUT2D eigenvalue weighted by Gasteiger charge is 2.34. The number of hydrogen-bond acceptors (Lipinski definition) is 7. The minimum Gasteiger partial charge on any atom is -0.370 e. The second-order valence-corrected chi connectivity index (χ2v) is 15.3. The summed E-state index contributed by atoms with van der Waals surface area (Å²) in [5.41, 5.74) is 29.2. The lowest BCUT2D eigenvalue weighted by molar-refractivity contribution is -0.147. The number of nitrogens with two attached hydrogens (primary N) is 5. The summed E-state index contributed by atoms with van der Waals surface area (Å²) in [5.74, 6) is -1.36. The van der Waals surface area contributed by atoms with Crippen molar-refractivity contribution in [2.24, 2.45) is 33.7 Å². The molecule has 10 heteroatoms. The number of aliphatic imine (C=N–C) groups is 1. The predicted molar refractivity (Wildman–Crippen MR) is 225 cm³/mol. The van der Waals surface area contributed by atoms with Crippen molar-refractivity contribution < 1.29 is 14.4 Å². The Balaban J connectivity index is 4.73. The molecule has 0 spiro atoms. The second-order valence-electron chi connectivity index (χ2n) is 15.3. The first-order valence-corrected chi connectivity index (χ1v) is 22.0. The molecule has 0 aliphatic rings. The molecule has 2 amide bonds. The van der Waals surface area contributed by atoms with Gasteiger partial charge in [-0.3, -0.25) is 24.3 Å². The molecule has 10 nitrogen and oxygen atoms in total. The molecule has 0 aliphatic heterocycles. The molecular formula is C43H85N7O3. The van der Waals surface area contributed by atoms with Crippen LogP contribution in [0.3, 0.4) is 0 Å². The fourth-order valence-corrected chi connectivity index (χ4v) is 6.72. The van der Waals surface area contributed by atoms with Gasteiger partial charge in [0.15, 0.2) is 11.7 Å². The molecule has 53 heavy (non-hydrogen) atoms. The van der Waals surface area contributed by atoms with Gasteiger partial charge in [0.25, 0.3) is 0 Å². The highest BCUT2D eigenvalue weighted by Crippen LogP contribution is 2.16. The van der Waals surface area contributed by atoms with E-state index in [0.29, 0.717) is 25.8 Å². The van der Waals surface area contributed by atoms with E-state index in [9.17, 15) is 14.4 Å². The van der Waals surface area contributed by atoms with Crippen molar-refractivity contribution in [2.75, 3.05) is 13.1 Å². The van der Waals surface area contributed by atoms with E-state index in [0.717, 1.165) is 44.9 Å². The number of amides is 2. The number of ketones is 1. The zero-order chi connectivity index (χ0) is 39.4. The lowest BCUT2D eigenvalue weighted by atomic mass is 9.96. The average molecular weight is 748 g/mol. The Bertz CT molecular complexity index is 954. The maximum Gasteiger partial charge on any atom is 0.248 e. The van der Waals surface area contributed by atoms with Crippen LogP contribution in [0.25, 0.3) is 0 Å². The number of allylic oxidation sites excluding steroid dienone is 2. The number of Topliss-reactive ketones (excluding diaryl/α,β-unsaturated/α-hetero) is 1. The van der Waals surface area contributed by atoms with Gasteiger partial charge in [0.05, 0.1) is 12.1 Å². The molecule has 0 aromatic carbocycles. The Kier molecular flexibility index (Phi) is 35.1. The second kappa shape index (κ2) is 36.7. The first kappa shape index (κ1) is 50.7. The van der Waals surface area contributed by atoms with Crippen molar-refractivity contribution in [3.8, 4) is 0 Å². The van der Waals surface area contributed by atoms with E-state index in [-0.39, 0.29) is 24.8 Å². The molecule has 0 radical (unpaired) electrons. The van der Waals surface area contributed by atoms with Crippen LogP contribution in [-0.4, -0.2) is 59.7 Å². The Morgan fingerprint density at radius 3 is 1.42 bits per heavy atom. The maximum atomic E-state index is 13.6. The number of nitrogens with zero attached hydrogens (tertiary/aromatic N) is 2. The fraction of sp³-hybridized carbons (Fsp3) is 0.860. The molecule has 0 aromatic heterocycles. The normalized spacial score (nSPS) is 13.2. The summed E-state index contributed by atoms with van der Waals surface area (Å²) < 4.78 is 0. The van der Waals surface area contributed by atoms with Gasteiger partial charge in [0.2, 0.25) is 11.8 Å². The fourth-order valence-electron chi connectivity index (χ4n) is 6.72. The van der Waals surface area contributed by atoms with E-state index in [1.54, 1.807) is 0 Å². The topological polar surface area (TPSA) is 197 Å². The van der Waals surface area contributed by atoms with Gasteiger partial charge in [-0.2, -0.15) is 0 Å². The minimum absolute atomic E-state index is 0.0282. The van der Waals surface area contributed by atoms with Crippen LogP contribution in [0, 0.1) is 0 Å². The molecule has 0 fully saturated rings. The van der Waals surface area contributed by atoms with Gasteiger partial charge in [0.1, 0.15) is 6.04 Å². The maximum absolute atomic E-state index is 13.6. The molecule has 0 saturated carbocycles. The zero-order valence-electron chi connectivity index (χ0n) is 34.5. The van der Waals surface area contributed by atoms with Crippen molar-refractivity contribution >= 4 is 23.6 Å². The summed E-state index contributed by atoms with van der Waals surface area (Å²) >= 11 is 0. The van der Waals surface area contributed by atoms with Crippen LogP contribution in [0.4, 0.5) is 0 Å². The molecule has 0 aliphatic carbocycles. The number of guanidine groups is 1. The number of carbonyl (C=O) groups is 3. The molecule has 0 aromatic rings. The molecule has 0 heterocycles. The molecule has 2 unspecified atom stereocenters. The lowest BCUT2D eigenvalue weighted by Crippen LogP contribution is -2.60. The Hall–Kier alpha value is -2.30. The van der Waals surface area contributed by atoms with Gasteiger partial charge in [-0.1, -0.05) is 161 Å². The number of carbonyl (C=O) groups excluding carboxylic acids is 3. The van der Waals surface area contributed by atoms with Crippen LogP contribution in [0.2, 0.25) is 0 Å². The zero-order valence-corrected chi connectivity index (χ0v) is 34.5. The standard InChI is InChI=1S/C43H85N7O3/c1-3-5-7-9-11-13-15-17-18-19-21-23-25-27-29-31-36-50(38(51)34-30-28-26-24-22-20-16-14-12-10-8-6-4-2)42(53)40(46)39(45)41(52)37(44)33-32-35-49-43(47)48/h17-18,37,39-40H,3-16,19-36,44-46H2,1-2H3,(H4,47,48,49)/b18-17-/t37-,39?,40?/m1/s1. The Morgan fingerprint density at radius 1 is 0.547 bits per heavy atom. The SMILES string of the molecule is CCCCCCCC/C=C\CCCCCCCCN(C(=O)CCCCCCCCCCCCCCC)C(=O)C(N)C(N)C(=O)[C@H](N)CCCN=C(N)N. The van der Waals surface area contributed by atoms with E-state index in [2.05, 4.69) is 31.0 Å². The van der Waals surface area contributed by atoms with Crippen LogP contribution in [0.15, 0.2) is 17.1 Å². The number of imide groups is 1. The first-order valence-electron chi connectivity index (χ1n) is 22.0. The van der Waals surface area contributed by atoms with Gasteiger partial charge in [0, 0.05) is 19.5 Å². The summed E-state index contributed by atoms with van der Waals surface area (Å²) in [6.07, 6.45) is 38.1. The number of hydrogen-bond donors (Lipinski definition) is 5. The van der Waals surface area contributed by atoms with Gasteiger partial charge >= 0.3 is 0 Å². The molecule has 0 bridgehead atoms. The highest BCUT2D eigenvalue weighted by atomic mass is 16.2. The molecule has 3 atom stereocenters. The van der Waals surface area contributed by atoms with Gasteiger partial charge < -0.3 is 28.7 Å². The van der Waals surface area contributed by atoms with Crippen LogP contribution in [0.1, 0.15) is 206 Å². The first-order chi connectivity index (χ1) is 25.7. The van der Waals surface area contributed by atoms with Crippen molar-refractivity contribution in [2.45, 2.75) is 225 Å². The van der Waals surface area contributed by atoms with Crippen molar-refractivity contribution in [3.05, 3.63) is 12.2 Å². The largest absolute Gasteiger partial charge is 0.370 e. The molecule has 0 saturated heterocycles. The van der Waals surface area contributed by atoms with Crippen LogP contribution in [0.5, 0.6) is 0 Å². The van der Waals surface area contributed by atoms with E-state index in [4.69, 9.17) is 28.7 Å². The van der Waals surface area contributed by atoms with Gasteiger partial charge in [-0.15, -0.1) is 0 Å². The van der Waals surface area contributed by atoms with E-state index < -0.39 is 29.8 Å². The Labute approximate surface area is 325 Å². The van der Waals surface area contributed by atoms with Crippen LogP contribution in [-0.2, 0) is 14.4 Å². The average Bonchev–Trinajstić information content (AvgIpc) is 3.15. The van der Waals surface area contributed by atoms with Crippen LogP contribution < -0.4 is 28.7 Å². The van der Waals surface area contributed by atoms with Crippen LogP contribution >= 0.6 is 0 Å². The summed E-state index contributed by atoms with van der Waals surface area (Å²) in [6.45, 7) is 5.13. The molecule has 310 valence electrons. The number of rotatable bonds is 38. The van der Waals surface area contributed by atoms with E-state index in [1.165, 1.54) is 127 Å². The third-order valence-electron chi connectivity index (χ3n) is 10.3. The minimum atomic E-state index is -1.34. The summed E-state index contributed by atoms with van der Waals surface area (Å²) in [5, 5.41) is 0. The van der Waals surface area contributed by atoms with Crippen molar-refractivity contribution in [1.82, 2.24) is 4.90 Å². The molecule has 0 rings (SSSR count). The molecule has 10 N–H and O–H groups in total.